The lowest BCUT2D eigenvalue weighted by Crippen LogP contribution is -2.55. The topological polar surface area (TPSA) is 123 Å². The van der Waals surface area contributed by atoms with Crippen LogP contribution < -0.4 is 16.0 Å². The first-order chi connectivity index (χ1) is 14.9. The number of Topliss-reactive ketones (excluding diaryl/α,β-unsaturated/α-hetero) is 1. The van der Waals surface area contributed by atoms with Crippen LogP contribution in [0.5, 0.6) is 0 Å². The highest BCUT2D eigenvalue weighted by molar-refractivity contribution is 6.38. The zero-order chi connectivity index (χ0) is 22.6. The van der Waals surface area contributed by atoms with Crippen LogP contribution in [0.15, 0.2) is 30.3 Å². The summed E-state index contributed by atoms with van der Waals surface area (Å²) in [6.45, 7) is 4.86. The van der Waals surface area contributed by atoms with Crippen molar-refractivity contribution in [2.24, 2.45) is 5.92 Å². The summed E-state index contributed by atoms with van der Waals surface area (Å²) in [6, 6.07) is 7.26. The molecule has 0 spiro atoms. The molecule has 1 fully saturated rings. The second-order valence-electron chi connectivity index (χ2n) is 7.72. The number of nitrogens with one attached hydrogen (secondary N) is 3. The Morgan fingerprint density at radius 3 is 2.58 bits per heavy atom. The van der Waals surface area contributed by atoms with E-state index >= 15 is 0 Å². The number of hydrogen-bond donors (Lipinski definition) is 3. The van der Waals surface area contributed by atoms with E-state index in [1.54, 1.807) is 13.8 Å². The van der Waals surface area contributed by atoms with Crippen molar-refractivity contribution in [3.05, 3.63) is 35.9 Å². The number of benzene rings is 1. The normalized spacial score (nSPS) is 19.0. The average molecular weight is 434 g/mol. The lowest BCUT2D eigenvalue weighted by atomic mass is 10.0. The number of ether oxygens (including phenoxy) is 2. The fourth-order valence-electron chi connectivity index (χ4n) is 3.07. The largest absolute Gasteiger partial charge is 0.445 e. The van der Waals surface area contributed by atoms with Gasteiger partial charge in [0, 0.05) is 19.8 Å². The van der Waals surface area contributed by atoms with Gasteiger partial charge in [0.2, 0.25) is 11.7 Å². The minimum absolute atomic E-state index is 0.0698. The third kappa shape index (κ3) is 8.37. The summed E-state index contributed by atoms with van der Waals surface area (Å²) < 4.78 is 10.6. The lowest BCUT2D eigenvalue weighted by Gasteiger charge is -2.24. The molecule has 1 aromatic rings. The van der Waals surface area contributed by atoms with Crippen LogP contribution in [0.1, 0.15) is 38.7 Å². The molecule has 170 valence electrons. The third-order valence-corrected chi connectivity index (χ3v) is 4.82. The van der Waals surface area contributed by atoms with Crippen LogP contribution in [0.3, 0.4) is 0 Å². The van der Waals surface area contributed by atoms with Gasteiger partial charge in [0.15, 0.2) is 0 Å². The molecule has 1 aliphatic rings. The molecule has 1 aliphatic heterocycles. The lowest BCUT2D eigenvalue weighted by molar-refractivity contribution is -0.140. The van der Waals surface area contributed by atoms with Crippen LogP contribution in [0.25, 0.3) is 0 Å². The van der Waals surface area contributed by atoms with Crippen molar-refractivity contribution >= 4 is 23.7 Å². The van der Waals surface area contributed by atoms with E-state index in [0.29, 0.717) is 32.6 Å². The molecule has 1 saturated heterocycles. The molecule has 3 N–H and O–H groups in total. The monoisotopic (exact) mass is 433 g/mol. The molecule has 0 saturated carbocycles. The number of carbonyl (C=O) groups is 4. The summed E-state index contributed by atoms with van der Waals surface area (Å²) in [6.07, 6.45) is 0.655. The maximum Gasteiger partial charge on any atom is 0.408 e. The van der Waals surface area contributed by atoms with Gasteiger partial charge >= 0.3 is 6.09 Å². The fourth-order valence-corrected chi connectivity index (χ4v) is 3.07. The molecule has 9 heteroatoms. The number of carbonyl (C=O) groups excluding carboxylic acids is 4. The molecule has 1 heterocycles. The van der Waals surface area contributed by atoms with Crippen LogP contribution in [0.4, 0.5) is 4.79 Å². The van der Waals surface area contributed by atoms with Crippen molar-refractivity contribution in [3.63, 3.8) is 0 Å². The maximum atomic E-state index is 12.8. The Kier molecular flexibility index (Phi) is 9.96. The number of ketones is 1. The summed E-state index contributed by atoms with van der Waals surface area (Å²) in [4.78, 5) is 49.6. The van der Waals surface area contributed by atoms with Crippen LogP contribution in [0, 0.1) is 5.92 Å². The summed E-state index contributed by atoms with van der Waals surface area (Å²) in [7, 11) is 0. The summed E-state index contributed by atoms with van der Waals surface area (Å²) in [5.41, 5.74) is 0.819. The van der Waals surface area contributed by atoms with Crippen LogP contribution in [0.2, 0.25) is 0 Å². The minimum Gasteiger partial charge on any atom is -0.445 e. The number of hydrogen-bond acceptors (Lipinski definition) is 6. The second kappa shape index (κ2) is 12.7. The molecule has 9 nitrogen and oxygen atoms in total. The first kappa shape index (κ1) is 24.3. The second-order valence-corrected chi connectivity index (χ2v) is 7.72. The van der Waals surface area contributed by atoms with Gasteiger partial charge in [-0.3, -0.25) is 14.4 Å². The summed E-state index contributed by atoms with van der Waals surface area (Å²) in [5.74, 6) is -2.25. The van der Waals surface area contributed by atoms with E-state index in [2.05, 4.69) is 16.0 Å². The molecule has 31 heavy (non-hydrogen) atoms. The van der Waals surface area contributed by atoms with Gasteiger partial charge in [-0.2, -0.15) is 0 Å². The third-order valence-electron chi connectivity index (χ3n) is 4.82. The van der Waals surface area contributed by atoms with E-state index in [4.69, 9.17) is 9.47 Å². The van der Waals surface area contributed by atoms with E-state index in [1.165, 1.54) is 0 Å². The van der Waals surface area contributed by atoms with Gasteiger partial charge in [-0.05, 0) is 30.7 Å². The van der Waals surface area contributed by atoms with Gasteiger partial charge in [-0.1, -0.05) is 44.2 Å². The Balaban J connectivity index is 1.97. The van der Waals surface area contributed by atoms with E-state index in [1.807, 2.05) is 30.3 Å². The molecule has 2 rings (SSSR count). The first-order valence-electron chi connectivity index (χ1n) is 10.6. The van der Waals surface area contributed by atoms with Gasteiger partial charge in [0.1, 0.15) is 12.6 Å². The zero-order valence-corrected chi connectivity index (χ0v) is 18.0. The molecule has 2 atom stereocenters. The fraction of sp³-hybridized carbons (Fsp3) is 0.545. The van der Waals surface area contributed by atoms with Crippen molar-refractivity contribution in [2.45, 2.75) is 51.8 Å². The number of rotatable bonds is 6. The highest BCUT2D eigenvalue weighted by Gasteiger charge is 2.31. The predicted octanol–water partition coefficient (Wildman–Crippen LogP) is 1.31. The molecule has 3 amide bonds. The van der Waals surface area contributed by atoms with E-state index in [0.717, 1.165) is 5.56 Å². The molecule has 0 aliphatic carbocycles. The molecule has 1 aromatic carbocycles. The smallest absolute Gasteiger partial charge is 0.408 e. The van der Waals surface area contributed by atoms with Crippen LogP contribution in [-0.4, -0.2) is 55.5 Å². The zero-order valence-electron chi connectivity index (χ0n) is 18.0. The quantitative estimate of drug-likeness (QED) is 0.582. The number of amides is 3. The predicted molar refractivity (Wildman–Crippen MR) is 113 cm³/mol. The number of alkyl carbamates (subject to hydrolysis) is 1. The van der Waals surface area contributed by atoms with Gasteiger partial charge in [-0.15, -0.1) is 0 Å². The average Bonchev–Trinajstić information content (AvgIpc) is 2.79. The van der Waals surface area contributed by atoms with Crippen LogP contribution >= 0.6 is 0 Å². The van der Waals surface area contributed by atoms with E-state index in [-0.39, 0.29) is 18.9 Å². The minimum atomic E-state index is -0.988. The maximum absolute atomic E-state index is 12.8. The summed E-state index contributed by atoms with van der Waals surface area (Å²) in [5, 5.41) is 7.71. The molecule has 0 radical (unpaired) electrons. The van der Waals surface area contributed by atoms with Crippen molar-refractivity contribution < 1.29 is 28.7 Å². The van der Waals surface area contributed by atoms with Crippen molar-refractivity contribution in [1.82, 2.24) is 16.0 Å². The van der Waals surface area contributed by atoms with Crippen molar-refractivity contribution in [2.75, 3.05) is 19.8 Å². The first-order valence-corrected chi connectivity index (χ1v) is 10.6. The standard InChI is InChI=1S/C22H31N3O6/c1-15(2)18(25-22(29)31-14-16-8-4-3-5-9-16)20(27)24-17-10-6-12-30-13-7-11-23-21(28)19(17)26/h3-5,8-9,15,17-18H,6-7,10-14H2,1-2H3,(H,23,28)(H,24,27)(H,25,29). The molecule has 0 aromatic heterocycles. The van der Waals surface area contributed by atoms with E-state index < -0.39 is 35.8 Å². The summed E-state index contributed by atoms with van der Waals surface area (Å²) >= 11 is 0. The van der Waals surface area contributed by atoms with E-state index in [9.17, 15) is 19.2 Å². The van der Waals surface area contributed by atoms with Gasteiger partial charge in [0.25, 0.3) is 5.91 Å². The highest BCUT2D eigenvalue weighted by atomic mass is 16.5. The Morgan fingerprint density at radius 2 is 1.87 bits per heavy atom. The Morgan fingerprint density at radius 1 is 1.16 bits per heavy atom. The van der Waals surface area contributed by atoms with Crippen molar-refractivity contribution in [1.29, 1.82) is 0 Å². The van der Waals surface area contributed by atoms with Crippen LogP contribution in [-0.2, 0) is 30.5 Å². The Bertz CT molecular complexity index is 753. The Hall–Kier alpha value is -2.94. The molecular formula is C22H31N3O6. The van der Waals surface area contributed by atoms with Gasteiger partial charge in [0.05, 0.1) is 6.04 Å². The van der Waals surface area contributed by atoms with Gasteiger partial charge < -0.3 is 25.4 Å². The SMILES string of the molecule is CC(C)C(NC(=O)OCc1ccccc1)C(=O)NC1CCCOCCCNC(=O)C1=O. The molecule has 0 bridgehead atoms. The Labute approximate surface area is 182 Å². The van der Waals surface area contributed by atoms with Gasteiger partial charge in [-0.25, -0.2) is 4.79 Å². The highest BCUT2D eigenvalue weighted by Crippen LogP contribution is 2.08. The molecule has 2 unspecified atom stereocenters. The molecular weight excluding hydrogens is 402 g/mol. The van der Waals surface area contributed by atoms with Crippen molar-refractivity contribution in [3.8, 4) is 0 Å².